The molecule has 4 nitrogen and oxygen atoms in total. The monoisotopic (exact) mass is 325 g/mol. The molecule has 23 heavy (non-hydrogen) atoms. The molecule has 0 aliphatic carbocycles. The van der Waals surface area contributed by atoms with Crippen LogP contribution in [0.3, 0.4) is 0 Å². The van der Waals surface area contributed by atoms with Gasteiger partial charge in [0.05, 0.1) is 27.7 Å². The fraction of sp³-hybridized carbons (Fsp3) is 0.222. The normalized spacial score (nSPS) is 10.7. The van der Waals surface area contributed by atoms with Crippen LogP contribution >= 0.6 is 11.3 Å². The second-order valence-electron chi connectivity index (χ2n) is 5.68. The highest BCUT2D eigenvalue weighted by Crippen LogP contribution is 2.29. The van der Waals surface area contributed by atoms with E-state index in [4.69, 9.17) is 0 Å². The van der Waals surface area contributed by atoms with Crippen LogP contribution in [-0.2, 0) is 6.54 Å². The zero-order chi connectivity index (χ0) is 16.4. The number of hydrogen-bond acceptors (Lipinski definition) is 3. The van der Waals surface area contributed by atoms with Crippen molar-refractivity contribution in [2.24, 2.45) is 0 Å². The van der Waals surface area contributed by atoms with Gasteiger partial charge in [-0.1, -0.05) is 30.3 Å². The van der Waals surface area contributed by atoms with Crippen molar-refractivity contribution in [3.05, 3.63) is 64.7 Å². The van der Waals surface area contributed by atoms with Gasteiger partial charge in [-0.25, -0.2) is 0 Å². The minimum Gasteiger partial charge on any atom is -0.344 e. The second-order valence-corrected chi connectivity index (χ2v) is 6.76. The molecule has 0 fully saturated rings. The van der Waals surface area contributed by atoms with Gasteiger partial charge < -0.3 is 4.90 Å². The number of aromatic nitrogens is 2. The third-order valence-corrected chi connectivity index (χ3v) is 4.65. The van der Waals surface area contributed by atoms with Crippen LogP contribution in [-0.4, -0.2) is 34.7 Å². The van der Waals surface area contributed by atoms with Gasteiger partial charge in [0.2, 0.25) is 0 Å². The summed E-state index contributed by atoms with van der Waals surface area (Å²) in [6.45, 7) is 2.71. The lowest BCUT2D eigenvalue weighted by atomic mass is 10.2. The summed E-state index contributed by atoms with van der Waals surface area (Å²) in [6, 6.07) is 16.2. The van der Waals surface area contributed by atoms with Crippen molar-refractivity contribution in [3.8, 4) is 10.6 Å². The average Bonchev–Trinajstić information content (AvgIpc) is 3.14. The van der Waals surface area contributed by atoms with E-state index in [0.29, 0.717) is 0 Å². The molecule has 0 aliphatic heterocycles. The van der Waals surface area contributed by atoms with Crippen molar-refractivity contribution in [2.75, 3.05) is 14.1 Å². The van der Waals surface area contributed by atoms with Crippen LogP contribution in [0.4, 0.5) is 0 Å². The zero-order valence-electron chi connectivity index (χ0n) is 13.5. The van der Waals surface area contributed by atoms with Crippen LogP contribution in [0.2, 0.25) is 0 Å². The Morgan fingerprint density at radius 3 is 2.61 bits per heavy atom. The van der Waals surface area contributed by atoms with Crippen LogP contribution in [0.15, 0.2) is 48.5 Å². The van der Waals surface area contributed by atoms with Crippen molar-refractivity contribution in [1.82, 2.24) is 14.7 Å². The highest BCUT2D eigenvalue weighted by atomic mass is 32.1. The molecule has 3 rings (SSSR count). The molecule has 0 spiro atoms. The molecule has 118 valence electrons. The minimum atomic E-state index is 0.0343. The summed E-state index contributed by atoms with van der Waals surface area (Å²) in [5, 5.41) is 4.60. The fourth-order valence-electron chi connectivity index (χ4n) is 2.43. The minimum absolute atomic E-state index is 0.0343. The largest absolute Gasteiger partial charge is 0.344 e. The Labute approximate surface area is 140 Å². The number of amides is 1. The topological polar surface area (TPSA) is 38.1 Å². The summed E-state index contributed by atoms with van der Waals surface area (Å²) >= 11 is 1.51. The average molecular weight is 325 g/mol. The van der Waals surface area contributed by atoms with Gasteiger partial charge in [-0.15, -0.1) is 11.3 Å². The Balaban J connectivity index is 1.93. The van der Waals surface area contributed by atoms with Gasteiger partial charge in [0.1, 0.15) is 0 Å². The molecule has 0 N–H and O–H groups in total. The van der Waals surface area contributed by atoms with E-state index in [1.165, 1.54) is 16.9 Å². The number of thiophene rings is 1. The van der Waals surface area contributed by atoms with E-state index in [1.54, 1.807) is 19.0 Å². The van der Waals surface area contributed by atoms with E-state index < -0.39 is 0 Å². The van der Waals surface area contributed by atoms with Crippen LogP contribution in [0.5, 0.6) is 0 Å². The lowest BCUT2D eigenvalue weighted by Gasteiger charge is -2.08. The second kappa shape index (κ2) is 6.38. The molecule has 0 atom stereocenters. The number of rotatable bonds is 4. The SMILES string of the molecule is Cc1cc(-c2ccc(C(=O)N(C)C)s2)n(Cc2ccccc2)n1. The first-order valence-electron chi connectivity index (χ1n) is 7.45. The maximum absolute atomic E-state index is 12.1. The first kappa shape index (κ1) is 15.5. The summed E-state index contributed by atoms with van der Waals surface area (Å²) in [5.41, 5.74) is 3.23. The Kier molecular flexibility index (Phi) is 4.30. The third-order valence-electron chi connectivity index (χ3n) is 3.55. The Morgan fingerprint density at radius 1 is 1.17 bits per heavy atom. The van der Waals surface area contributed by atoms with E-state index in [1.807, 2.05) is 41.9 Å². The predicted octanol–water partition coefficient (Wildman–Crippen LogP) is 3.67. The number of carbonyl (C=O) groups excluding carboxylic acids is 1. The smallest absolute Gasteiger partial charge is 0.263 e. The zero-order valence-corrected chi connectivity index (χ0v) is 14.3. The lowest BCUT2D eigenvalue weighted by molar-refractivity contribution is 0.0832. The van der Waals surface area contributed by atoms with Gasteiger partial charge in [0.25, 0.3) is 5.91 Å². The van der Waals surface area contributed by atoms with E-state index in [0.717, 1.165) is 27.7 Å². The van der Waals surface area contributed by atoms with Gasteiger partial charge in [0.15, 0.2) is 0 Å². The van der Waals surface area contributed by atoms with Crippen molar-refractivity contribution >= 4 is 17.2 Å². The highest BCUT2D eigenvalue weighted by molar-refractivity contribution is 7.17. The molecular weight excluding hydrogens is 306 g/mol. The van der Waals surface area contributed by atoms with E-state index >= 15 is 0 Å². The van der Waals surface area contributed by atoms with Gasteiger partial charge >= 0.3 is 0 Å². The highest BCUT2D eigenvalue weighted by Gasteiger charge is 2.15. The first-order valence-corrected chi connectivity index (χ1v) is 8.26. The predicted molar refractivity (Wildman–Crippen MR) is 93.8 cm³/mol. The van der Waals surface area contributed by atoms with E-state index in [9.17, 15) is 4.79 Å². The maximum Gasteiger partial charge on any atom is 0.263 e. The fourth-order valence-corrected chi connectivity index (χ4v) is 3.48. The molecular formula is C18H19N3OS. The van der Waals surface area contributed by atoms with Crippen molar-refractivity contribution < 1.29 is 4.79 Å². The van der Waals surface area contributed by atoms with Gasteiger partial charge in [-0.2, -0.15) is 5.10 Å². The molecule has 0 bridgehead atoms. The molecule has 1 amide bonds. The summed E-state index contributed by atoms with van der Waals surface area (Å²) in [5.74, 6) is 0.0343. The van der Waals surface area contributed by atoms with Gasteiger partial charge in [-0.3, -0.25) is 9.48 Å². The standard InChI is InChI=1S/C18H19N3OS/c1-13-11-15(16-9-10-17(23-16)18(22)20(2)3)21(19-13)12-14-7-5-4-6-8-14/h4-11H,12H2,1-3H3. The van der Waals surface area contributed by atoms with Crippen LogP contribution in [0.25, 0.3) is 10.6 Å². The Morgan fingerprint density at radius 2 is 1.91 bits per heavy atom. The van der Waals surface area contributed by atoms with E-state index in [2.05, 4.69) is 23.3 Å². The quantitative estimate of drug-likeness (QED) is 0.734. The number of hydrogen-bond donors (Lipinski definition) is 0. The molecule has 3 aromatic rings. The van der Waals surface area contributed by atoms with Crippen molar-refractivity contribution in [1.29, 1.82) is 0 Å². The molecule has 0 saturated heterocycles. The molecule has 5 heteroatoms. The molecule has 0 aliphatic rings. The summed E-state index contributed by atoms with van der Waals surface area (Å²) in [6.07, 6.45) is 0. The van der Waals surface area contributed by atoms with Crippen LogP contribution in [0.1, 0.15) is 20.9 Å². The van der Waals surface area contributed by atoms with Gasteiger partial charge in [-0.05, 0) is 30.7 Å². The van der Waals surface area contributed by atoms with E-state index in [-0.39, 0.29) is 5.91 Å². The molecule has 1 aromatic carbocycles. The molecule has 0 saturated carbocycles. The molecule has 2 aromatic heterocycles. The number of nitrogens with zero attached hydrogens (tertiary/aromatic N) is 3. The summed E-state index contributed by atoms with van der Waals surface area (Å²) in [4.78, 5) is 15.5. The van der Waals surface area contributed by atoms with Crippen molar-refractivity contribution in [3.63, 3.8) is 0 Å². The molecule has 0 radical (unpaired) electrons. The lowest BCUT2D eigenvalue weighted by Crippen LogP contribution is -2.20. The third kappa shape index (κ3) is 3.35. The van der Waals surface area contributed by atoms with Crippen LogP contribution < -0.4 is 0 Å². The Hall–Kier alpha value is -2.40. The van der Waals surface area contributed by atoms with Gasteiger partial charge in [0, 0.05) is 14.1 Å². The maximum atomic E-state index is 12.1. The number of aryl methyl sites for hydroxylation is 1. The number of carbonyl (C=O) groups is 1. The number of benzene rings is 1. The van der Waals surface area contributed by atoms with Crippen molar-refractivity contribution in [2.45, 2.75) is 13.5 Å². The molecule has 0 unspecified atom stereocenters. The summed E-state index contributed by atoms with van der Waals surface area (Å²) in [7, 11) is 3.54. The van der Waals surface area contributed by atoms with Crippen LogP contribution in [0, 0.1) is 6.92 Å². The Bertz CT molecular complexity index is 818. The summed E-state index contributed by atoms with van der Waals surface area (Å²) < 4.78 is 2.00. The molecule has 2 heterocycles. The first-order chi connectivity index (χ1) is 11.0.